The molecule has 0 atom stereocenters. The van der Waals surface area contributed by atoms with Crippen molar-refractivity contribution in [1.29, 1.82) is 0 Å². The predicted molar refractivity (Wildman–Crippen MR) is 108 cm³/mol. The molecule has 0 aromatic heterocycles. The number of nitrogens with one attached hydrogen (secondary N) is 1. The van der Waals surface area contributed by atoms with Crippen LogP contribution < -0.4 is 18.5 Å². The number of anilines is 1. The minimum absolute atomic E-state index is 0.0403. The van der Waals surface area contributed by atoms with E-state index in [4.69, 9.17) is 9.47 Å². The van der Waals surface area contributed by atoms with Crippen LogP contribution in [0, 0.1) is 13.8 Å². The molecule has 0 radical (unpaired) electrons. The smallest absolute Gasteiger partial charge is 0.242 e. The van der Waals surface area contributed by atoms with Crippen LogP contribution in [-0.4, -0.2) is 35.3 Å². The number of aryl methyl sites for hydroxylation is 2. The lowest BCUT2D eigenvalue weighted by Gasteiger charge is -2.19. The summed E-state index contributed by atoms with van der Waals surface area (Å²) in [6.07, 6.45) is -0.0857. The van der Waals surface area contributed by atoms with Gasteiger partial charge in [-0.1, -0.05) is 6.07 Å². The summed E-state index contributed by atoms with van der Waals surface area (Å²) in [5, 5.41) is 0. The van der Waals surface area contributed by atoms with Gasteiger partial charge in [-0.25, -0.2) is 25.9 Å². The van der Waals surface area contributed by atoms with E-state index in [9.17, 15) is 21.6 Å². The van der Waals surface area contributed by atoms with Crippen LogP contribution in [0.5, 0.6) is 11.5 Å². The highest BCUT2D eigenvalue weighted by Crippen LogP contribution is 2.33. The van der Waals surface area contributed by atoms with Gasteiger partial charge in [-0.05, 0) is 54.8 Å². The molecule has 30 heavy (non-hydrogen) atoms. The summed E-state index contributed by atoms with van der Waals surface area (Å²) in [4.78, 5) is 12.1. The van der Waals surface area contributed by atoms with Crippen LogP contribution in [0.1, 0.15) is 23.1 Å². The Kier molecular flexibility index (Phi) is 4.99. The van der Waals surface area contributed by atoms with E-state index >= 15 is 0 Å². The maximum atomic E-state index is 12.9. The highest BCUT2D eigenvalue weighted by atomic mass is 32.2. The third-order valence-electron chi connectivity index (χ3n) is 4.93. The number of rotatable bonds is 5. The monoisotopic (exact) mass is 452 g/mol. The van der Waals surface area contributed by atoms with Gasteiger partial charge < -0.3 is 9.47 Å². The second-order valence-electron chi connectivity index (χ2n) is 7.15. The fraction of sp³-hybridized carbons (Fsp3) is 0.316. The lowest BCUT2D eigenvalue weighted by molar-refractivity contribution is -0.116. The zero-order valence-corrected chi connectivity index (χ0v) is 18.0. The van der Waals surface area contributed by atoms with E-state index in [1.54, 1.807) is 32.0 Å². The fourth-order valence-corrected chi connectivity index (χ4v) is 6.55. The van der Waals surface area contributed by atoms with Gasteiger partial charge in [-0.3, -0.25) is 4.79 Å². The molecule has 1 N–H and O–H groups in total. The van der Waals surface area contributed by atoms with Gasteiger partial charge in [0, 0.05) is 13.0 Å². The summed E-state index contributed by atoms with van der Waals surface area (Å²) >= 11 is 0. The Morgan fingerprint density at radius 2 is 1.73 bits per heavy atom. The van der Waals surface area contributed by atoms with Gasteiger partial charge in [0.15, 0.2) is 11.5 Å². The van der Waals surface area contributed by atoms with Gasteiger partial charge in [-0.2, -0.15) is 0 Å². The number of carbonyl (C=O) groups excluding carboxylic acids is 1. The van der Waals surface area contributed by atoms with E-state index in [0.29, 0.717) is 28.2 Å². The molecule has 2 aromatic carbocycles. The molecule has 0 saturated carbocycles. The Bertz CT molecular complexity index is 1230. The molecule has 2 heterocycles. The van der Waals surface area contributed by atoms with Crippen molar-refractivity contribution in [3.63, 3.8) is 0 Å². The van der Waals surface area contributed by atoms with Gasteiger partial charge in [0.25, 0.3) is 0 Å². The molecule has 0 unspecified atom stereocenters. The summed E-state index contributed by atoms with van der Waals surface area (Å²) < 4.78 is 64.1. The first-order valence-corrected chi connectivity index (χ1v) is 12.2. The zero-order valence-electron chi connectivity index (χ0n) is 16.3. The largest absolute Gasteiger partial charge is 0.454 e. The van der Waals surface area contributed by atoms with Gasteiger partial charge in [-0.15, -0.1) is 0 Å². The number of carbonyl (C=O) groups is 1. The Morgan fingerprint density at radius 3 is 2.37 bits per heavy atom. The molecule has 1 saturated heterocycles. The average molecular weight is 453 g/mol. The second kappa shape index (κ2) is 7.25. The molecule has 1 fully saturated rings. The van der Waals surface area contributed by atoms with E-state index in [2.05, 4.69) is 4.72 Å². The molecule has 1 amide bonds. The molecule has 2 aliphatic rings. The van der Waals surface area contributed by atoms with Crippen LogP contribution in [0.2, 0.25) is 0 Å². The molecule has 2 aromatic rings. The SMILES string of the molecule is Cc1cc(N2C(=O)CCS2(=O)=O)cc(C)c1S(=O)(=O)NCc1ccc2c(c1)OCO2. The molecular weight excluding hydrogens is 432 g/mol. The van der Waals surface area contributed by atoms with Gasteiger partial charge in [0.2, 0.25) is 32.7 Å². The van der Waals surface area contributed by atoms with Crippen molar-refractivity contribution in [1.82, 2.24) is 4.72 Å². The Hall–Kier alpha value is -2.63. The van der Waals surface area contributed by atoms with E-state index in [0.717, 1.165) is 4.31 Å². The quantitative estimate of drug-likeness (QED) is 0.731. The van der Waals surface area contributed by atoms with Crippen LogP contribution in [-0.2, 0) is 31.4 Å². The van der Waals surface area contributed by atoms with Crippen molar-refractivity contribution in [3.8, 4) is 11.5 Å². The van der Waals surface area contributed by atoms with Crippen molar-refractivity contribution in [3.05, 3.63) is 47.0 Å². The number of hydrogen-bond acceptors (Lipinski definition) is 7. The van der Waals surface area contributed by atoms with E-state index in [1.165, 1.54) is 12.1 Å². The van der Waals surface area contributed by atoms with Crippen LogP contribution in [0.3, 0.4) is 0 Å². The molecule has 9 nitrogen and oxygen atoms in total. The Labute approximate surface area is 174 Å². The fourth-order valence-electron chi connectivity index (χ4n) is 3.64. The molecule has 0 aliphatic carbocycles. The van der Waals surface area contributed by atoms with Gasteiger partial charge in [0.1, 0.15) is 0 Å². The number of fused-ring (bicyclic) bond motifs is 1. The van der Waals surface area contributed by atoms with Crippen molar-refractivity contribution in [2.75, 3.05) is 16.9 Å². The first-order valence-electron chi connectivity index (χ1n) is 9.14. The minimum Gasteiger partial charge on any atom is -0.454 e. The Balaban J connectivity index is 1.60. The topological polar surface area (TPSA) is 119 Å². The molecule has 160 valence electrons. The molecular formula is C19H20N2O7S2. The van der Waals surface area contributed by atoms with E-state index in [-0.39, 0.29) is 36.1 Å². The van der Waals surface area contributed by atoms with Crippen molar-refractivity contribution in [2.24, 2.45) is 0 Å². The minimum atomic E-state index is -3.89. The lowest BCUT2D eigenvalue weighted by Crippen LogP contribution is -2.30. The zero-order chi connectivity index (χ0) is 21.7. The van der Waals surface area contributed by atoms with Crippen LogP contribution in [0.15, 0.2) is 35.2 Å². The molecule has 0 bridgehead atoms. The number of ether oxygens (including phenoxy) is 2. The second-order valence-corrected chi connectivity index (χ2v) is 10.8. The Morgan fingerprint density at radius 1 is 1.07 bits per heavy atom. The van der Waals surface area contributed by atoms with E-state index < -0.39 is 26.0 Å². The van der Waals surface area contributed by atoms with Crippen molar-refractivity contribution in [2.45, 2.75) is 31.7 Å². The number of sulfonamides is 2. The number of nitrogens with zero attached hydrogens (tertiary/aromatic N) is 1. The molecule has 11 heteroatoms. The van der Waals surface area contributed by atoms with Gasteiger partial charge in [0.05, 0.1) is 16.3 Å². The summed E-state index contributed by atoms with van der Waals surface area (Å²) in [5.74, 6) is 0.390. The van der Waals surface area contributed by atoms with Crippen LogP contribution in [0.4, 0.5) is 5.69 Å². The maximum Gasteiger partial charge on any atom is 0.242 e. The first-order chi connectivity index (χ1) is 14.1. The highest BCUT2D eigenvalue weighted by Gasteiger charge is 2.37. The summed E-state index contributed by atoms with van der Waals surface area (Å²) in [7, 11) is -7.62. The molecule has 0 spiro atoms. The third-order valence-corrected chi connectivity index (χ3v) is 8.33. The predicted octanol–water partition coefficient (Wildman–Crippen LogP) is 1.58. The van der Waals surface area contributed by atoms with Crippen LogP contribution >= 0.6 is 0 Å². The standard InChI is InChI=1S/C19H20N2O7S2/c1-12-7-15(21-18(22)5-6-29(21,23)24)8-13(2)19(12)30(25,26)20-10-14-3-4-16-17(9-14)28-11-27-16/h3-4,7-9,20H,5-6,10-11H2,1-2H3. The van der Waals surface area contributed by atoms with E-state index in [1.807, 2.05) is 0 Å². The summed E-state index contributed by atoms with van der Waals surface area (Å²) in [6, 6.07) is 7.97. The number of hydrogen-bond donors (Lipinski definition) is 1. The van der Waals surface area contributed by atoms with Crippen LogP contribution in [0.25, 0.3) is 0 Å². The highest BCUT2D eigenvalue weighted by molar-refractivity contribution is 7.94. The summed E-state index contributed by atoms with van der Waals surface area (Å²) in [5.41, 5.74) is 1.54. The number of benzene rings is 2. The maximum absolute atomic E-state index is 12.9. The molecule has 4 rings (SSSR count). The third kappa shape index (κ3) is 3.64. The van der Waals surface area contributed by atoms with Crippen molar-refractivity contribution >= 4 is 31.6 Å². The average Bonchev–Trinajstić information content (AvgIpc) is 3.22. The normalized spacial score (nSPS) is 17.5. The lowest BCUT2D eigenvalue weighted by atomic mass is 10.1. The number of amides is 1. The molecule has 2 aliphatic heterocycles. The summed E-state index contributed by atoms with van der Waals surface area (Å²) in [6.45, 7) is 3.31. The first kappa shape index (κ1) is 20.6. The van der Waals surface area contributed by atoms with Gasteiger partial charge >= 0.3 is 0 Å². The van der Waals surface area contributed by atoms with Crippen molar-refractivity contribution < 1.29 is 31.1 Å².